The van der Waals surface area contributed by atoms with Crippen LogP contribution >= 0.6 is 11.3 Å². The highest BCUT2D eigenvalue weighted by Gasteiger charge is 2.12. The maximum absolute atomic E-state index is 11.7. The number of thiazole rings is 1. The highest BCUT2D eigenvalue weighted by atomic mass is 32.1. The van der Waals surface area contributed by atoms with Crippen molar-refractivity contribution in [2.75, 3.05) is 13.7 Å². The van der Waals surface area contributed by atoms with Crippen LogP contribution in [0.2, 0.25) is 0 Å². The number of urea groups is 1. The predicted molar refractivity (Wildman–Crippen MR) is 86.5 cm³/mol. The van der Waals surface area contributed by atoms with Crippen LogP contribution in [0.25, 0.3) is 10.6 Å². The van der Waals surface area contributed by atoms with Gasteiger partial charge in [0.25, 0.3) is 5.91 Å². The van der Waals surface area contributed by atoms with Crippen LogP contribution in [0, 0.1) is 0 Å². The van der Waals surface area contributed by atoms with Crippen LogP contribution < -0.4 is 15.8 Å². The van der Waals surface area contributed by atoms with E-state index in [1.54, 1.807) is 17.8 Å². The van der Waals surface area contributed by atoms with Crippen molar-refractivity contribution in [3.05, 3.63) is 35.3 Å². The number of rotatable bonds is 6. The number of hydrogen-bond donors (Lipinski definition) is 2. The largest absolute Gasteiger partial charge is 0.497 e. The van der Waals surface area contributed by atoms with E-state index in [2.05, 4.69) is 4.98 Å². The van der Waals surface area contributed by atoms with Crippen molar-refractivity contribution < 1.29 is 23.9 Å². The smallest absolute Gasteiger partial charge is 0.318 e. The lowest BCUT2D eigenvalue weighted by molar-refractivity contribution is -0.147. The molecule has 0 saturated heterocycles. The van der Waals surface area contributed by atoms with Crippen molar-refractivity contribution in [3.8, 4) is 16.3 Å². The Bertz CT molecular complexity index is 742. The zero-order valence-electron chi connectivity index (χ0n) is 12.8. The Morgan fingerprint density at radius 3 is 2.58 bits per heavy atom. The molecule has 0 spiro atoms. The van der Waals surface area contributed by atoms with Gasteiger partial charge in [-0.2, -0.15) is 0 Å². The van der Waals surface area contributed by atoms with Crippen LogP contribution in [0.4, 0.5) is 4.79 Å². The zero-order chi connectivity index (χ0) is 17.5. The number of ether oxygens (including phenoxy) is 2. The molecular formula is C15H15N3O5S. The molecule has 1 heterocycles. The molecule has 3 N–H and O–H groups in total. The van der Waals surface area contributed by atoms with E-state index in [1.807, 2.05) is 24.3 Å². The van der Waals surface area contributed by atoms with E-state index in [9.17, 15) is 14.4 Å². The van der Waals surface area contributed by atoms with Gasteiger partial charge in [-0.05, 0) is 24.3 Å². The Balaban J connectivity index is 1.89. The first-order valence-electron chi connectivity index (χ1n) is 6.81. The lowest BCUT2D eigenvalue weighted by Gasteiger charge is -2.03. The van der Waals surface area contributed by atoms with Gasteiger partial charge in [-0.3, -0.25) is 14.9 Å². The lowest BCUT2D eigenvalue weighted by Crippen LogP contribution is -2.37. The molecule has 9 heteroatoms. The molecule has 0 unspecified atom stereocenters. The Morgan fingerprint density at radius 2 is 1.96 bits per heavy atom. The number of primary amides is 1. The Kier molecular flexibility index (Phi) is 5.85. The number of methoxy groups -OCH3 is 1. The van der Waals surface area contributed by atoms with Gasteiger partial charge in [0.1, 0.15) is 10.8 Å². The van der Waals surface area contributed by atoms with Gasteiger partial charge in [0.05, 0.1) is 19.2 Å². The minimum atomic E-state index is -1.00. The van der Waals surface area contributed by atoms with E-state index in [1.165, 1.54) is 11.3 Å². The molecule has 2 rings (SSSR count). The second-order valence-corrected chi connectivity index (χ2v) is 5.48. The number of esters is 1. The molecule has 0 aliphatic rings. The minimum Gasteiger partial charge on any atom is -0.497 e. The summed E-state index contributed by atoms with van der Waals surface area (Å²) in [5, 5.41) is 4.29. The third-order valence-electron chi connectivity index (χ3n) is 2.84. The van der Waals surface area contributed by atoms with Gasteiger partial charge in [-0.1, -0.05) is 0 Å². The van der Waals surface area contributed by atoms with Gasteiger partial charge in [-0.25, -0.2) is 9.78 Å². The van der Waals surface area contributed by atoms with E-state index in [0.29, 0.717) is 5.69 Å². The van der Waals surface area contributed by atoms with Crippen LogP contribution in [-0.2, 0) is 20.7 Å². The maximum Gasteiger partial charge on any atom is 0.318 e. The summed E-state index contributed by atoms with van der Waals surface area (Å²) in [5.74, 6) is -0.664. The maximum atomic E-state index is 11.7. The van der Waals surface area contributed by atoms with Crippen LogP contribution in [0.3, 0.4) is 0 Å². The monoisotopic (exact) mass is 349 g/mol. The summed E-state index contributed by atoms with van der Waals surface area (Å²) in [6, 6.07) is 6.38. The predicted octanol–water partition coefficient (Wildman–Crippen LogP) is 1.10. The number of imide groups is 1. The number of benzene rings is 1. The van der Waals surface area contributed by atoms with Gasteiger partial charge >= 0.3 is 12.0 Å². The molecule has 2 aromatic rings. The average molecular weight is 349 g/mol. The Hall–Kier alpha value is -2.94. The van der Waals surface area contributed by atoms with E-state index in [0.717, 1.165) is 16.3 Å². The topological polar surface area (TPSA) is 121 Å². The molecule has 0 bridgehead atoms. The quantitative estimate of drug-likeness (QED) is 0.753. The van der Waals surface area contributed by atoms with Crippen LogP contribution in [0.1, 0.15) is 5.69 Å². The Morgan fingerprint density at radius 1 is 1.25 bits per heavy atom. The highest BCUT2D eigenvalue weighted by molar-refractivity contribution is 7.13. The van der Waals surface area contributed by atoms with E-state index < -0.39 is 24.5 Å². The second kappa shape index (κ2) is 8.06. The summed E-state index contributed by atoms with van der Waals surface area (Å²) >= 11 is 1.39. The molecule has 0 aliphatic carbocycles. The molecule has 0 aliphatic heterocycles. The first-order valence-corrected chi connectivity index (χ1v) is 7.69. The highest BCUT2D eigenvalue weighted by Crippen LogP contribution is 2.25. The van der Waals surface area contributed by atoms with Gasteiger partial charge in [0, 0.05) is 10.9 Å². The fourth-order valence-corrected chi connectivity index (χ4v) is 2.60. The van der Waals surface area contributed by atoms with Crippen LogP contribution in [-0.4, -0.2) is 36.6 Å². The lowest BCUT2D eigenvalue weighted by atomic mass is 10.2. The summed E-state index contributed by atoms with van der Waals surface area (Å²) in [4.78, 5) is 37.6. The molecule has 0 atom stereocenters. The molecular weight excluding hydrogens is 334 g/mol. The normalized spacial score (nSPS) is 10.0. The number of aromatic nitrogens is 1. The van der Waals surface area contributed by atoms with E-state index in [-0.39, 0.29) is 6.42 Å². The number of nitrogens with one attached hydrogen (secondary N) is 1. The average Bonchev–Trinajstić information content (AvgIpc) is 3.01. The molecule has 24 heavy (non-hydrogen) atoms. The third kappa shape index (κ3) is 5.06. The van der Waals surface area contributed by atoms with Gasteiger partial charge in [0.15, 0.2) is 6.61 Å². The number of nitrogens with zero attached hydrogens (tertiary/aromatic N) is 1. The van der Waals surface area contributed by atoms with Crippen molar-refractivity contribution in [2.45, 2.75) is 6.42 Å². The third-order valence-corrected chi connectivity index (χ3v) is 3.78. The number of carbonyl (C=O) groups excluding carboxylic acids is 3. The van der Waals surface area contributed by atoms with Crippen LogP contribution in [0.15, 0.2) is 29.6 Å². The number of hydrogen-bond acceptors (Lipinski definition) is 7. The summed E-state index contributed by atoms with van der Waals surface area (Å²) in [6.07, 6.45) is -0.0729. The SMILES string of the molecule is COc1ccc(-c2nc(CC(=O)OCC(=O)NC(N)=O)cs2)cc1. The van der Waals surface area contributed by atoms with Crippen molar-refractivity contribution in [1.82, 2.24) is 10.3 Å². The molecule has 126 valence electrons. The van der Waals surface area contributed by atoms with Crippen molar-refractivity contribution in [3.63, 3.8) is 0 Å². The minimum absolute atomic E-state index is 0.0729. The molecule has 1 aromatic carbocycles. The summed E-state index contributed by atoms with van der Waals surface area (Å²) < 4.78 is 9.84. The fraction of sp³-hybridized carbons (Fsp3) is 0.200. The Labute approximate surface area is 141 Å². The van der Waals surface area contributed by atoms with Crippen LogP contribution in [0.5, 0.6) is 5.75 Å². The molecule has 0 fully saturated rings. The molecule has 8 nitrogen and oxygen atoms in total. The molecule has 0 radical (unpaired) electrons. The van der Waals surface area contributed by atoms with Crippen molar-refractivity contribution >= 4 is 29.2 Å². The molecule has 0 saturated carbocycles. The number of nitrogens with two attached hydrogens (primary N) is 1. The summed E-state index contributed by atoms with van der Waals surface area (Å²) in [7, 11) is 1.59. The van der Waals surface area contributed by atoms with Crippen molar-refractivity contribution in [2.24, 2.45) is 5.73 Å². The fourth-order valence-electron chi connectivity index (χ4n) is 1.77. The summed E-state index contributed by atoms with van der Waals surface area (Å²) in [5.41, 5.74) is 6.21. The second-order valence-electron chi connectivity index (χ2n) is 4.62. The van der Waals surface area contributed by atoms with Gasteiger partial charge in [-0.15, -0.1) is 11.3 Å². The van der Waals surface area contributed by atoms with Gasteiger partial charge < -0.3 is 15.2 Å². The summed E-state index contributed by atoms with van der Waals surface area (Å²) in [6.45, 7) is -0.572. The standard InChI is InChI=1S/C15H15N3O5S/c1-22-11-4-2-9(3-5-11)14-17-10(8-24-14)6-13(20)23-7-12(19)18-15(16)21/h2-5,8H,6-7H2,1H3,(H3,16,18,19,21). The van der Waals surface area contributed by atoms with E-state index in [4.69, 9.17) is 15.2 Å². The zero-order valence-corrected chi connectivity index (χ0v) is 13.6. The molecule has 1 aromatic heterocycles. The van der Waals surface area contributed by atoms with E-state index >= 15 is 0 Å². The van der Waals surface area contributed by atoms with Gasteiger partial charge in [0.2, 0.25) is 0 Å². The molecule has 3 amide bonds. The van der Waals surface area contributed by atoms with Crippen molar-refractivity contribution in [1.29, 1.82) is 0 Å². The first-order chi connectivity index (χ1) is 11.5. The number of carbonyl (C=O) groups is 3. The number of amides is 3. The first kappa shape index (κ1) is 17.4.